The molecule has 1 aromatic heterocycles. The Morgan fingerprint density at radius 1 is 1.37 bits per heavy atom. The van der Waals surface area contributed by atoms with Gasteiger partial charge in [-0.3, -0.25) is 4.79 Å². The summed E-state index contributed by atoms with van der Waals surface area (Å²) in [4.78, 5) is 11.9. The van der Waals surface area contributed by atoms with E-state index in [4.69, 9.17) is 15.4 Å². The van der Waals surface area contributed by atoms with E-state index in [-0.39, 0.29) is 17.5 Å². The second kappa shape index (κ2) is 5.26. The Morgan fingerprint density at radius 3 is 2.79 bits per heavy atom. The van der Waals surface area contributed by atoms with Gasteiger partial charge in [0.2, 0.25) is 0 Å². The highest BCUT2D eigenvalue weighted by Gasteiger charge is 2.10. The number of benzene rings is 1. The number of rotatable bonds is 3. The molecular formula is C13H13N3O3. The molecule has 0 bridgehead atoms. The molecule has 1 aromatic carbocycles. The normalized spacial score (nSPS) is 11.3. The van der Waals surface area contributed by atoms with Gasteiger partial charge in [-0.25, -0.2) is 0 Å². The van der Waals surface area contributed by atoms with Crippen LogP contribution >= 0.6 is 0 Å². The molecule has 19 heavy (non-hydrogen) atoms. The molecule has 6 nitrogen and oxygen atoms in total. The first-order valence-electron chi connectivity index (χ1n) is 5.56. The molecule has 0 saturated carbocycles. The molecule has 0 aliphatic carbocycles. The van der Waals surface area contributed by atoms with Crippen LogP contribution in [0, 0.1) is 6.92 Å². The Balaban J connectivity index is 2.17. The average Bonchev–Trinajstić information content (AvgIpc) is 2.85. The molecule has 0 spiro atoms. The van der Waals surface area contributed by atoms with E-state index >= 15 is 0 Å². The number of oxime groups is 1. The fraction of sp³-hybridized carbons (Fsp3) is 0.0769. The number of carbonyl (C=O) groups excluding carboxylic acids is 1. The molecule has 98 valence electrons. The summed E-state index contributed by atoms with van der Waals surface area (Å²) in [6, 6.07) is 9.96. The van der Waals surface area contributed by atoms with Crippen LogP contribution < -0.4 is 11.1 Å². The Bertz CT molecular complexity index is 632. The number of hydrogen-bond acceptors (Lipinski definition) is 4. The molecular weight excluding hydrogens is 246 g/mol. The Kier molecular flexibility index (Phi) is 3.51. The quantitative estimate of drug-likeness (QED) is 0.339. The van der Waals surface area contributed by atoms with Gasteiger partial charge in [0, 0.05) is 11.3 Å². The number of amidine groups is 1. The smallest absolute Gasteiger partial charge is 0.291 e. The van der Waals surface area contributed by atoms with Crippen molar-refractivity contribution < 1.29 is 14.4 Å². The van der Waals surface area contributed by atoms with Gasteiger partial charge in [-0.1, -0.05) is 17.3 Å². The average molecular weight is 259 g/mol. The number of amides is 1. The van der Waals surface area contributed by atoms with Crippen molar-refractivity contribution in [2.45, 2.75) is 6.92 Å². The molecule has 2 rings (SSSR count). The summed E-state index contributed by atoms with van der Waals surface area (Å²) < 4.78 is 5.22. The van der Waals surface area contributed by atoms with Crippen LogP contribution in [0.4, 0.5) is 5.69 Å². The van der Waals surface area contributed by atoms with Crippen molar-refractivity contribution in [2.24, 2.45) is 10.9 Å². The summed E-state index contributed by atoms with van der Waals surface area (Å²) in [5.41, 5.74) is 6.52. The third-order valence-electron chi connectivity index (χ3n) is 2.49. The SMILES string of the molecule is Cc1ccc(C(=O)Nc2cccc(/C(N)=N/O)c2)o1. The summed E-state index contributed by atoms with van der Waals surface area (Å²) >= 11 is 0. The zero-order valence-electron chi connectivity index (χ0n) is 10.3. The topological polar surface area (TPSA) is 101 Å². The lowest BCUT2D eigenvalue weighted by atomic mass is 10.2. The highest BCUT2D eigenvalue weighted by atomic mass is 16.4. The van der Waals surface area contributed by atoms with E-state index in [1.165, 1.54) is 0 Å². The zero-order chi connectivity index (χ0) is 13.8. The van der Waals surface area contributed by atoms with E-state index in [2.05, 4.69) is 10.5 Å². The second-order valence-electron chi connectivity index (χ2n) is 3.93. The van der Waals surface area contributed by atoms with E-state index in [0.717, 1.165) is 0 Å². The number of furan rings is 1. The maximum atomic E-state index is 11.9. The summed E-state index contributed by atoms with van der Waals surface area (Å²) in [5.74, 6) is 0.511. The first-order valence-corrected chi connectivity index (χ1v) is 5.56. The molecule has 2 aromatic rings. The van der Waals surface area contributed by atoms with Crippen LogP contribution in [0.25, 0.3) is 0 Å². The molecule has 0 radical (unpaired) electrons. The standard InChI is InChI=1S/C13H13N3O3/c1-8-5-6-11(19-8)13(17)15-10-4-2-3-9(7-10)12(14)16-18/h2-7,18H,1H3,(H2,14,16)(H,15,17). The van der Waals surface area contributed by atoms with E-state index in [1.54, 1.807) is 43.3 Å². The van der Waals surface area contributed by atoms with Gasteiger partial charge in [-0.15, -0.1) is 0 Å². The molecule has 1 heterocycles. The Morgan fingerprint density at radius 2 is 2.16 bits per heavy atom. The maximum Gasteiger partial charge on any atom is 0.291 e. The van der Waals surface area contributed by atoms with E-state index < -0.39 is 0 Å². The minimum Gasteiger partial charge on any atom is -0.456 e. The molecule has 0 saturated heterocycles. The molecule has 1 amide bonds. The molecule has 4 N–H and O–H groups in total. The van der Waals surface area contributed by atoms with Crippen LogP contribution in [0.15, 0.2) is 46.0 Å². The van der Waals surface area contributed by atoms with Crippen molar-refractivity contribution in [2.75, 3.05) is 5.32 Å². The van der Waals surface area contributed by atoms with Crippen LogP contribution in [-0.4, -0.2) is 17.0 Å². The van der Waals surface area contributed by atoms with Crippen molar-refractivity contribution in [3.05, 3.63) is 53.5 Å². The molecule has 6 heteroatoms. The highest BCUT2D eigenvalue weighted by Crippen LogP contribution is 2.13. The van der Waals surface area contributed by atoms with E-state index in [9.17, 15) is 4.79 Å². The van der Waals surface area contributed by atoms with E-state index in [1.807, 2.05) is 0 Å². The summed E-state index contributed by atoms with van der Waals surface area (Å²) in [7, 11) is 0. The van der Waals surface area contributed by atoms with Crippen molar-refractivity contribution in [1.82, 2.24) is 0 Å². The number of anilines is 1. The minimum atomic E-state index is -0.357. The van der Waals surface area contributed by atoms with Gasteiger partial charge >= 0.3 is 0 Å². The van der Waals surface area contributed by atoms with Gasteiger partial charge in [0.05, 0.1) is 0 Å². The van der Waals surface area contributed by atoms with Gasteiger partial charge in [-0.2, -0.15) is 0 Å². The van der Waals surface area contributed by atoms with Gasteiger partial charge in [0.1, 0.15) is 5.76 Å². The summed E-state index contributed by atoms with van der Waals surface area (Å²) in [6.45, 7) is 1.76. The first-order chi connectivity index (χ1) is 9.10. The van der Waals surface area contributed by atoms with Gasteiger partial charge < -0.3 is 20.7 Å². The van der Waals surface area contributed by atoms with Crippen LogP contribution in [0.2, 0.25) is 0 Å². The lowest BCUT2D eigenvalue weighted by Gasteiger charge is -2.05. The predicted octanol–water partition coefficient (Wildman–Crippen LogP) is 1.93. The molecule has 0 aliphatic rings. The molecule has 0 unspecified atom stereocenters. The third kappa shape index (κ3) is 2.92. The molecule has 0 fully saturated rings. The fourth-order valence-corrected chi connectivity index (χ4v) is 1.56. The van der Waals surface area contributed by atoms with Crippen LogP contribution in [0.5, 0.6) is 0 Å². The van der Waals surface area contributed by atoms with Crippen LogP contribution in [0.1, 0.15) is 21.9 Å². The lowest BCUT2D eigenvalue weighted by Crippen LogP contribution is -2.15. The highest BCUT2D eigenvalue weighted by molar-refractivity contribution is 6.03. The Hall–Kier alpha value is -2.76. The summed E-state index contributed by atoms with van der Waals surface area (Å²) in [5, 5.41) is 14.2. The van der Waals surface area contributed by atoms with Gasteiger partial charge in [0.15, 0.2) is 11.6 Å². The van der Waals surface area contributed by atoms with Crippen molar-refractivity contribution >= 4 is 17.4 Å². The largest absolute Gasteiger partial charge is 0.456 e. The maximum absolute atomic E-state index is 11.9. The Labute approximate surface area is 109 Å². The third-order valence-corrected chi connectivity index (χ3v) is 2.49. The lowest BCUT2D eigenvalue weighted by molar-refractivity contribution is 0.0995. The minimum absolute atomic E-state index is 0.0232. The van der Waals surface area contributed by atoms with Crippen molar-refractivity contribution in [1.29, 1.82) is 0 Å². The van der Waals surface area contributed by atoms with Crippen LogP contribution in [0.3, 0.4) is 0 Å². The number of nitrogens with zero attached hydrogens (tertiary/aromatic N) is 1. The first kappa shape index (κ1) is 12.7. The number of nitrogens with two attached hydrogens (primary N) is 1. The van der Waals surface area contributed by atoms with Gasteiger partial charge in [-0.05, 0) is 31.2 Å². The number of nitrogens with one attached hydrogen (secondary N) is 1. The zero-order valence-corrected chi connectivity index (χ0v) is 10.3. The van der Waals surface area contributed by atoms with Crippen molar-refractivity contribution in [3.8, 4) is 0 Å². The van der Waals surface area contributed by atoms with Crippen LogP contribution in [-0.2, 0) is 0 Å². The second-order valence-corrected chi connectivity index (χ2v) is 3.93. The molecule has 0 aliphatic heterocycles. The van der Waals surface area contributed by atoms with E-state index in [0.29, 0.717) is 17.0 Å². The number of carbonyl (C=O) groups is 1. The fourth-order valence-electron chi connectivity index (χ4n) is 1.56. The summed E-state index contributed by atoms with van der Waals surface area (Å²) in [6.07, 6.45) is 0. The number of aryl methyl sites for hydroxylation is 1. The predicted molar refractivity (Wildman–Crippen MR) is 70.4 cm³/mol. The van der Waals surface area contributed by atoms with Crippen molar-refractivity contribution in [3.63, 3.8) is 0 Å². The number of hydrogen-bond donors (Lipinski definition) is 3. The monoisotopic (exact) mass is 259 g/mol. The molecule has 0 atom stereocenters. The van der Waals surface area contributed by atoms with Gasteiger partial charge in [0.25, 0.3) is 5.91 Å².